The van der Waals surface area contributed by atoms with Crippen LogP contribution >= 0.6 is 9.69 Å². The van der Waals surface area contributed by atoms with Crippen LogP contribution in [-0.2, 0) is 37.4 Å². The van der Waals surface area contributed by atoms with E-state index >= 15 is 0 Å². The van der Waals surface area contributed by atoms with Crippen molar-refractivity contribution in [2.45, 2.75) is 44.9 Å². The maximum absolute atomic E-state index is 11.7. The molecule has 5 rings (SSSR count). The third-order valence-corrected chi connectivity index (χ3v) is 9.19. The molecule has 0 aliphatic rings. The second-order valence-corrected chi connectivity index (χ2v) is 15.9. The SMILES string of the molecule is CN[C@@H](c1ccccc1)[C@@H](NS(C)(=O)=O)c1ccccc1.CN[C@@H](c1ccccc1)[C@@H]([N-]S(C)(=O)=O)c1ccccc1.Cc1cc(C)cc(C)c1.[CH3-].[Cl][Ru+3]. The molecular formula is C42H54ClN4O4RuS2+. The summed E-state index contributed by atoms with van der Waals surface area (Å²) in [7, 11) is 1.44. The number of halogens is 1. The van der Waals surface area contributed by atoms with Gasteiger partial charge in [0.25, 0.3) is 0 Å². The fourth-order valence-corrected chi connectivity index (χ4v) is 7.34. The molecule has 0 heterocycles. The van der Waals surface area contributed by atoms with Gasteiger partial charge in [0.1, 0.15) is 0 Å². The van der Waals surface area contributed by atoms with Crippen LogP contribution in [0.2, 0.25) is 0 Å². The standard InChI is InChI=1S/C16H20N2O2S.C16H19N2O2S.C9H12.CH3.ClH.Ru/c2*1-17-15(13-9-5-3-6-10-13)16(18-21(2,19)20)14-11-7-4-8-12-14;1-7-4-8(2)6-9(3)5-7;;;/h3-12,15-18H,1-2H3;3-12,15-17H,1-2H3;4-6H,1-3H3;1H3;1H;/q;-1;;-1;;+4/p-1/t2*15-,16-;;;;/m00..../s1. The summed E-state index contributed by atoms with van der Waals surface area (Å²) in [5.74, 6) is 0. The average molecular weight is 880 g/mol. The van der Waals surface area contributed by atoms with Crippen LogP contribution in [-0.4, -0.2) is 43.4 Å². The molecule has 5 aromatic rings. The summed E-state index contributed by atoms with van der Waals surface area (Å²) in [6.45, 7) is 6.38. The molecule has 0 unspecified atom stereocenters. The molecule has 3 N–H and O–H groups in total. The number of aryl methyl sites for hydroxylation is 3. The quantitative estimate of drug-likeness (QED) is 0.0851. The van der Waals surface area contributed by atoms with E-state index < -0.39 is 26.1 Å². The van der Waals surface area contributed by atoms with Gasteiger partial charge < -0.3 is 22.8 Å². The first kappa shape index (κ1) is 48.8. The van der Waals surface area contributed by atoms with Gasteiger partial charge in [-0.25, -0.2) is 21.6 Å². The van der Waals surface area contributed by atoms with Crippen LogP contribution in [0.4, 0.5) is 0 Å². The van der Waals surface area contributed by atoms with Crippen LogP contribution in [0.15, 0.2) is 140 Å². The molecule has 54 heavy (non-hydrogen) atoms. The van der Waals surface area contributed by atoms with E-state index in [1.165, 1.54) is 22.9 Å². The predicted molar refractivity (Wildman–Crippen MR) is 224 cm³/mol. The Morgan fingerprint density at radius 1 is 0.519 bits per heavy atom. The van der Waals surface area contributed by atoms with E-state index in [0.717, 1.165) is 28.5 Å². The minimum absolute atomic E-state index is 0. The van der Waals surface area contributed by atoms with E-state index in [0.29, 0.717) is 0 Å². The molecule has 0 fully saturated rings. The van der Waals surface area contributed by atoms with Crippen LogP contribution in [0.5, 0.6) is 0 Å². The van der Waals surface area contributed by atoms with Gasteiger partial charge in [0.15, 0.2) is 0 Å². The van der Waals surface area contributed by atoms with Crippen LogP contribution in [0.25, 0.3) is 4.72 Å². The Kier molecular flexibility index (Phi) is 22.6. The fourth-order valence-electron chi connectivity index (χ4n) is 5.95. The van der Waals surface area contributed by atoms with Crippen LogP contribution in [0, 0.1) is 28.2 Å². The van der Waals surface area contributed by atoms with Crippen LogP contribution in [0.1, 0.15) is 63.1 Å². The van der Waals surface area contributed by atoms with Gasteiger partial charge in [-0.1, -0.05) is 168 Å². The number of nitrogens with one attached hydrogen (secondary N) is 3. The van der Waals surface area contributed by atoms with Crippen molar-refractivity contribution in [3.05, 3.63) is 191 Å². The van der Waals surface area contributed by atoms with Gasteiger partial charge in [0, 0.05) is 12.3 Å². The number of hydrogen-bond donors (Lipinski definition) is 3. The molecule has 0 radical (unpaired) electrons. The number of nitrogens with zero attached hydrogens (tertiary/aromatic N) is 1. The van der Waals surface area contributed by atoms with E-state index in [1.54, 1.807) is 0 Å². The van der Waals surface area contributed by atoms with Gasteiger partial charge in [-0.15, -0.1) is 0 Å². The first-order valence-corrected chi connectivity index (χ1v) is 22.8. The molecule has 0 spiro atoms. The van der Waals surface area contributed by atoms with E-state index in [1.807, 2.05) is 153 Å². The van der Waals surface area contributed by atoms with E-state index in [9.17, 15) is 16.8 Å². The van der Waals surface area contributed by atoms with Crippen molar-refractivity contribution in [3.63, 3.8) is 0 Å². The Hall–Kier alpha value is -3.25. The van der Waals surface area contributed by atoms with Gasteiger partial charge in [-0.3, -0.25) is 0 Å². The molecule has 4 atom stereocenters. The van der Waals surface area contributed by atoms with E-state index in [-0.39, 0.29) is 25.6 Å². The summed E-state index contributed by atoms with van der Waals surface area (Å²) in [6, 6.07) is 43.9. The molecule has 0 aromatic heterocycles. The van der Waals surface area contributed by atoms with Gasteiger partial charge in [-0.2, -0.15) is 0 Å². The number of sulfonamides is 2. The number of hydrogen-bond acceptors (Lipinski definition) is 6. The summed E-state index contributed by atoms with van der Waals surface area (Å²) < 4.78 is 53.6. The zero-order valence-electron chi connectivity index (χ0n) is 32.2. The topological polar surface area (TPSA) is 118 Å². The van der Waals surface area contributed by atoms with Crippen molar-refractivity contribution in [3.8, 4) is 0 Å². The van der Waals surface area contributed by atoms with Gasteiger partial charge in [0.2, 0.25) is 10.0 Å². The molecule has 292 valence electrons. The third kappa shape index (κ3) is 17.9. The van der Waals surface area contributed by atoms with Crippen molar-refractivity contribution >= 4 is 29.7 Å². The van der Waals surface area contributed by atoms with Crippen molar-refractivity contribution in [2.24, 2.45) is 0 Å². The second kappa shape index (κ2) is 25.0. The molecule has 0 saturated heterocycles. The molecule has 0 aliphatic carbocycles. The van der Waals surface area contributed by atoms with Crippen molar-refractivity contribution < 1.29 is 34.1 Å². The normalized spacial score (nSPS) is 13.0. The number of likely N-dealkylation sites (N-methyl/N-ethyl adjacent to an activating group) is 2. The van der Waals surface area contributed by atoms with Crippen LogP contribution < -0.4 is 15.4 Å². The number of rotatable bonds is 12. The molecule has 12 heteroatoms. The molecule has 0 saturated carbocycles. The van der Waals surface area contributed by atoms with Crippen LogP contribution in [0.3, 0.4) is 0 Å². The summed E-state index contributed by atoms with van der Waals surface area (Å²) in [4.78, 5) is 0. The van der Waals surface area contributed by atoms with Crippen molar-refractivity contribution in [2.75, 3.05) is 26.6 Å². The monoisotopic (exact) mass is 879 g/mol. The first-order valence-electron chi connectivity index (χ1n) is 16.8. The Morgan fingerprint density at radius 3 is 1.11 bits per heavy atom. The van der Waals surface area contributed by atoms with E-state index in [2.05, 4.69) is 68.7 Å². The maximum atomic E-state index is 11.7. The Bertz CT molecular complexity index is 1810. The van der Waals surface area contributed by atoms with Crippen molar-refractivity contribution in [1.29, 1.82) is 0 Å². The van der Waals surface area contributed by atoms with Gasteiger partial charge in [-0.05, 0) is 51.6 Å². The second-order valence-electron chi connectivity index (χ2n) is 12.5. The summed E-state index contributed by atoms with van der Waals surface area (Å²) in [6.07, 6.45) is 2.31. The van der Waals surface area contributed by atoms with Gasteiger partial charge >= 0.3 is 27.0 Å². The summed E-state index contributed by atoms with van der Waals surface area (Å²) in [5.41, 5.74) is 7.89. The predicted octanol–water partition coefficient (Wildman–Crippen LogP) is 9.01. The van der Waals surface area contributed by atoms with E-state index in [4.69, 9.17) is 0 Å². The van der Waals surface area contributed by atoms with Gasteiger partial charge in [0.05, 0.1) is 28.4 Å². The number of benzene rings is 5. The first-order chi connectivity index (χ1) is 25.2. The Morgan fingerprint density at radius 2 is 0.815 bits per heavy atom. The molecule has 0 amide bonds. The zero-order chi connectivity index (χ0) is 39.4. The molecule has 0 bridgehead atoms. The molecular weight excluding hydrogens is 825 g/mol. The molecule has 5 aromatic carbocycles. The average Bonchev–Trinajstić information content (AvgIpc) is 3.13. The summed E-state index contributed by atoms with van der Waals surface area (Å²) >= 11 is 1.82. The summed E-state index contributed by atoms with van der Waals surface area (Å²) in [5, 5.41) is 6.39. The molecule has 0 aliphatic heterocycles. The Balaban J connectivity index is 0.000000419. The third-order valence-electron chi connectivity index (χ3n) is 7.90. The zero-order valence-corrected chi connectivity index (χ0v) is 36.3. The van der Waals surface area contributed by atoms with Crippen molar-refractivity contribution in [1.82, 2.24) is 15.4 Å². The fraction of sp³-hybridized carbons (Fsp3) is 0.262. The molecule has 8 nitrogen and oxygen atoms in total. The Labute approximate surface area is 339 Å². The minimum atomic E-state index is -3.45.